The van der Waals surface area contributed by atoms with E-state index in [2.05, 4.69) is 5.32 Å². The maximum atomic E-state index is 12.4. The van der Waals surface area contributed by atoms with Crippen LogP contribution in [0.15, 0.2) is 24.3 Å². The van der Waals surface area contributed by atoms with E-state index in [9.17, 15) is 15.0 Å². The monoisotopic (exact) mass is 357 g/mol. The van der Waals surface area contributed by atoms with E-state index < -0.39 is 42.3 Å². The van der Waals surface area contributed by atoms with Crippen molar-refractivity contribution in [3.05, 3.63) is 34.9 Å². The van der Waals surface area contributed by atoms with Crippen molar-refractivity contribution in [3.8, 4) is 0 Å². The molecule has 2 aliphatic rings. The van der Waals surface area contributed by atoms with Crippen LogP contribution < -0.4 is 5.32 Å². The van der Waals surface area contributed by atoms with Crippen molar-refractivity contribution in [1.29, 1.82) is 0 Å². The summed E-state index contributed by atoms with van der Waals surface area (Å²) in [6.07, 6.45) is -3.94. The second kappa shape index (κ2) is 6.59. The Hall–Kier alpha value is -1.22. The van der Waals surface area contributed by atoms with Gasteiger partial charge in [-0.25, -0.2) is 0 Å². The normalized spacial score (nSPS) is 35.1. The molecule has 0 bridgehead atoms. The lowest BCUT2D eigenvalue weighted by atomic mass is 10.0. The third-order valence-electron chi connectivity index (χ3n) is 4.09. The number of amides is 1. The number of hydrogen-bond acceptors (Lipinski definition) is 6. The molecule has 3 rings (SSSR count). The van der Waals surface area contributed by atoms with Crippen LogP contribution in [-0.2, 0) is 14.2 Å². The lowest BCUT2D eigenvalue weighted by molar-refractivity contribution is -0.175. The first kappa shape index (κ1) is 17.6. The molecule has 24 heavy (non-hydrogen) atoms. The lowest BCUT2D eigenvalue weighted by Gasteiger charge is -2.26. The quantitative estimate of drug-likeness (QED) is 0.735. The van der Waals surface area contributed by atoms with Crippen molar-refractivity contribution in [2.45, 2.75) is 50.3 Å². The van der Waals surface area contributed by atoms with Crippen LogP contribution in [-0.4, -0.2) is 59.2 Å². The standard InChI is InChI=1S/C16H20ClNO6/c1-16(2)22-7-10(24-16)13-11(12(19)15(21)23-13)18-14(20)8-4-3-5-9(17)6-8/h3-6,10-13,15,19,21H,7H2,1-2H3,(H,18,20)/t10-,11+,12-,13-,15+/m1/s1. The maximum Gasteiger partial charge on any atom is 0.251 e. The van der Waals surface area contributed by atoms with Crippen molar-refractivity contribution < 1.29 is 29.2 Å². The zero-order chi connectivity index (χ0) is 17.5. The Kier molecular flexibility index (Phi) is 4.83. The van der Waals surface area contributed by atoms with Gasteiger partial charge in [0.1, 0.15) is 18.3 Å². The molecule has 5 atom stereocenters. The molecule has 1 aromatic carbocycles. The molecule has 1 amide bonds. The number of aliphatic hydroxyl groups is 2. The number of nitrogens with one attached hydrogen (secondary N) is 1. The van der Waals surface area contributed by atoms with Gasteiger partial charge in [-0.2, -0.15) is 0 Å². The van der Waals surface area contributed by atoms with Crippen molar-refractivity contribution in [1.82, 2.24) is 5.32 Å². The fraction of sp³-hybridized carbons (Fsp3) is 0.562. The molecule has 0 aromatic heterocycles. The Morgan fingerprint density at radius 3 is 2.75 bits per heavy atom. The first-order valence-corrected chi connectivity index (χ1v) is 8.04. The number of benzene rings is 1. The van der Waals surface area contributed by atoms with Crippen molar-refractivity contribution >= 4 is 17.5 Å². The molecule has 0 saturated carbocycles. The molecule has 3 N–H and O–H groups in total. The van der Waals surface area contributed by atoms with Gasteiger partial charge in [0.2, 0.25) is 0 Å². The first-order valence-electron chi connectivity index (χ1n) is 7.67. The summed E-state index contributed by atoms with van der Waals surface area (Å²) in [5.74, 6) is -1.21. The second-order valence-corrected chi connectivity index (χ2v) is 6.80. The summed E-state index contributed by atoms with van der Waals surface area (Å²) in [5, 5.41) is 23.1. The molecule has 2 aliphatic heterocycles. The van der Waals surface area contributed by atoms with Gasteiger partial charge in [0.15, 0.2) is 12.1 Å². The van der Waals surface area contributed by atoms with Crippen molar-refractivity contribution in [3.63, 3.8) is 0 Å². The summed E-state index contributed by atoms with van der Waals surface area (Å²) < 4.78 is 16.6. The molecule has 1 aromatic rings. The van der Waals surface area contributed by atoms with E-state index in [-0.39, 0.29) is 6.61 Å². The molecule has 2 heterocycles. The molecule has 0 aliphatic carbocycles. The minimum absolute atomic E-state index is 0.237. The van der Waals surface area contributed by atoms with Gasteiger partial charge in [-0.15, -0.1) is 0 Å². The smallest absolute Gasteiger partial charge is 0.251 e. The largest absolute Gasteiger partial charge is 0.386 e. The highest BCUT2D eigenvalue weighted by Gasteiger charge is 2.51. The summed E-state index contributed by atoms with van der Waals surface area (Å²) in [5.41, 5.74) is 0.346. The van der Waals surface area contributed by atoms with E-state index in [0.29, 0.717) is 10.6 Å². The van der Waals surface area contributed by atoms with Crippen molar-refractivity contribution in [2.24, 2.45) is 0 Å². The first-order chi connectivity index (χ1) is 11.3. The van der Waals surface area contributed by atoms with E-state index >= 15 is 0 Å². The Bertz CT molecular complexity index is 624. The van der Waals surface area contributed by atoms with E-state index in [4.69, 9.17) is 25.8 Å². The Labute approximate surface area is 144 Å². The number of ether oxygens (including phenoxy) is 3. The fourth-order valence-corrected chi connectivity index (χ4v) is 3.12. The van der Waals surface area contributed by atoms with E-state index in [0.717, 1.165) is 0 Å². The van der Waals surface area contributed by atoms with Crippen LogP contribution in [0.25, 0.3) is 0 Å². The molecule has 132 valence electrons. The summed E-state index contributed by atoms with van der Waals surface area (Å²) in [6.45, 7) is 3.75. The van der Waals surface area contributed by atoms with E-state index in [1.165, 1.54) is 6.07 Å². The predicted molar refractivity (Wildman–Crippen MR) is 84.5 cm³/mol. The van der Waals surface area contributed by atoms with E-state index in [1.54, 1.807) is 32.0 Å². The molecule has 2 fully saturated rings. The highest BCUT2D eigenvalue weighted by atomic mass is 35.5. The van der Waals surface area contributed by atoms with Gasteiger partial charge in [0, 0.05) is 10.6 Å². The summed E-state index contributed by atoms with van der Waals surface area (Å²) in [7, 11) is 0. The second-order valence-electron chi connectivity index (χ2n) is 6.36. The third-order valence-corrected chi connectivity index (χ3v) is 4.33. The van der Waals surface area contributed by atoms with Crippen LogP contribution in [0, 0.1) is 0 Å². The SMILES string of the molecule is CC1(C)OC[C@H]([C@H]2O[C@H](O)[C@H](O)[C@@H]2NC(=O)c2cccc(Cl)c2)O1. The molecule has 0 radical (unpaired) electrons. The van der Waals surface area contributed by atoms with Gasteiger partial charge in [-0.1, -0.05) is 17.7 Å². The number of halogens is 1. The Morgan fingerprint density at radius 1 is 1.38 bits per heavy atom. The minimum atomic E-state index is -1.41. The molecule has 0 spiro atoms. The topological polar surface area (TPSA) is 97.3 Å². The molecular formula is C16H20ClNO6. The molecule has 8 heteroatoms. The van der Waals surface area contributed by atoms with Crippen LogP contribution in [0.3, 0.4) is 0 Å². The van der Waals surface area contributed by atoms with Gasteiger partial charge in [0.25, 0.3) is 5.91 Å². The number of carbonyl (C=O) groups is 1. The highest BCUT2D eigenvalue weighted by molar-refractivity contribution is 6.30. The average molecular weight is 358 g/mol. The van der Waals surface area contributed by atoms with Crippen LogP contribution in [0.4, 0.5) is 0 Å². The van der Waals surface area contributed by atoms with E-state index in [1.807, 2.05) is 0 Å². The van der Waals surface area contributed by atoms with Crippen LogP contribution in [0.2, 0.25) is 5.02 Å². The maximum absolute atomic E-state index is 12.4. The Morgan fingerprint density at radius 2 is 2.12 bits per heavy atom. The zero-order valence-electron chi connectivity index (χ0n) is 13.3. The minimum Gasteiger partial charge on any atom is -0.386 e. The summed E-state index contributed by atoms with van der Waals surface area (Å²) in [6, 6.07) is 5.59. The van der Waals surface area contributed by atoms with Crippen LogP contribution in [0.5, 0.6) is 0 Å². The summed E-state index contributed by atoms with van der Waals surface area (Å²) in [4.78, 5) is 12.4. The van der Waals surface area contributed by atoms with Crippen LogP contribution in [0.1, 0.15) is 24.2 Å². The highest BCUT2D eigenvalue weighted by Crippen LogP contribution is 2.31. The average Bonchev–Trinajstić information content (AvgIpc) is 3.01. The van der Waals surface area contributed by atoms with Crippen LogP contribution >= 0.6 is 11.6 Å². The Balaban J connectivity index is 1.75. The number of carbonyl (C=O) groups excluding carboxylic acids is 1. The van der Waals surface area contributed by atoms with Gasteiger partial charge in [-0.3, -0.25) is 4.79 Å². The van der Waals surface area contributed by atoms with Gasteiger partial charge in [0.05, 0.1) is 12.6 Å². The molecule has 2 saturated heterocycles. The molecule has 0 unspecified atom stereocenters. The number of hydrogen-bond donors (Lipinski definition) is 3. The molecule has 7 nitrogen and oxygen atoms in total. The number of aliphatic hydroxyl groups excluding tert-OH is 2. The van der Waals surface area contributed by atoms with Gasteiger partial charge >= 0.3 is 0 Å². The zero-order valence-corrected chi connectivity index (χ0v) is 14.1. The molecular weight excluding hydrogens is 338 g/mol. The third kappa shape index (κ3) is 3.56. The lowest BCUT2D eigenvalue weighted by Crippen LogP contribution is -2.51. The van der Waals surface area contributed by atoms with Gasteiger partial charge < -0.3 is 29.7 Å². The summed E-state index contributed by atoms with van der Waals surface area (Å²) >= 11 is 5.89. The predicted octanol–water partition coefficient (Wildman–Crippen LogP) is 0.668. The van der Waals surface area contributed by atoms with Crippen molar-refractivity contribution in [2.75, 3.05) is 6.61 Å². The number of rotatable bonds is 3. The van der Waals surface area contributed by atoms with Gasteiger partial charge in [-0.05, 0) is 32.0 Å². The fourth-order valence-electron chi connectivity index (χ4n) is 2.93.